The van der Waals surface area contributed by atoms with E-state index >= 15 is 0 Å². The number of carbonyl (C=O) groups excluding carboxylic acids is 1. The van der Waals surface area contributed by atoms with Crippen LogP contribution in [0.25, 0.3) is 0 Å². The van der Waals surface area contributed by atoms with Crippen molar-refractivity contribution >= 4 is 33.4 Å². The molecular weight excluding hydrogens is 315 g/mol. The fourth-order valence-corrected chi connectivity index (χ4v) is 1.40. The fraction of sp³-hybridized carbons (Fsp3) is 0.364. The zero-order valence-electron chi connectivity index (χ0n) is 9.28. The molecule has 0 heterocycles. The molecule has 0 aromatic heterocycles. The van der Waals surface area contributed by atoms with Gasteiger partial charge in [0.05, 0.1) is 10.6 Å². The normalized spacial score (nSPS) is 11.4. The Morgan fingerprint density at radius 1 is 1.41 bits per heavy atom. The van der Waals surface area contributed by atoms with E-state index in [-0.39, 0.29) is 10.6 Å². The topological polar surface area (TPSA) is 29.1 Å². The summed E-state index contributed by atoms with van der Waals surface area (Å²) in [6.45, 7) is 3.51. The van der Waals surface area contributed by atoms with Crippen LogP contribution in [0.1, 0.15) is 24.2 Å². The molecule has 1 amide bonds. The molecule has 6 heteroatoms. The molecule has 0 aliphatic carbocycles. The molecular formula is C11H11BrClF2NO. The Morgan fingerprint density at radius 3 is 2.53 bits per heavy atom. The van der Waals surface area contributed by atoms with Gasteiger partial charge in [0.15, 0.2) is 0 Å². The van der Waals surface area contributed by atoms with Crippen LogP contribution >= 0.6 is 27.5 Å². The van der Waals surface area contributed by atoms with Crippen LogP contribution in [0.15, 0.2) is 12.1 Å². The van der Waals surface area contributed by atoms with E-state index in [9.17, 15) is 13.6 Å². The molecule has 1 aromatic carbocycles. The molecule has 17 heavy (non-hydrogen) atoms. The molecule has 0 saturated carbocycles. The highest BCUT2D eigenvalue weighted by Gasteiger charge is 2.22. The average Bonchev–Trinajstić information content (AvgIpc) is 2.22. The van der Waals surface area contributed by atoms with Gasteiger partial charge in [-0.15, -0.1) is 0 Å². The van der Waals surface area contributed by atoms with Crippen molar-refractivity contribution < 1.29 is 13.6 Å². The van der Waals surface area contributed by atoms with E-state index in [2.05, 4.69) is 21.2 Å². The molecule has 94 valence electrons. The second kappa shape index (κ2) is 5.31. The van der Waals surface area contributed by atoms with Gasteiger partial charge in [-0.2, -0.15) is 0 Å². The monoisotopic (exact) mass is 325 g/mol. The third kappa shape index (κ3) is 3.64. The van der Waals surface area contributed by atoms with Crippen molar-refractivity contribution in [2.24, 2.45) is 0 Å². The van der Waals surface area contributed by atoms with Gasteiger partial charge in [0.1, 0.15) is 11.6 Å². The first-order valence-corrected chi connectivity index (χ1v) is 6.30. The number of rotatable bonds is 3. The first kappa shape index (κ1) is 14.4. The van der Waals surface area contributed by atoms with E-state index in [1.54, 1.807) is 13.8 Å². The summed E-state index contributed by atoms with van der Waals surface area (Å²) in [7, 11) is 0. The van der Waals surface area contributed by atoms with Gasteiger partial charge in [-0.05, 0) is 26.0 Å². The van der Waals surface area contributed by atoms with Crippen molar-refractivity contribution in [2.75, 3.05) is 5.33 Å². The average molecular weight is 327 g/mol. The Morgan fingerprint density at radius 2 is 2.00 bits per heavy atom. The number of alkyl halides is 1. The third-order valence-electron chi connectivity index (χ3n) is 2.04. The molecule has 0 aliphatic heterocycles. The molecule has 0 atom stereocenters. The third-order valence-corrected chi connectivity index (χ3v) is 3.73. The number of nitrogens with one attached hydrogen (secondary N) is 1. The van der Waals surface area contributed by atoms with Crippen LogP contribution in [-0.4, -0.2) is 16.8 Å². The first-order valence-electron chi connectivity index (χ1n) is 4.80. The maximum atomic E-state index is 13.4. The first-order chi connectivity index (χ1) is 7.76. The quantitative estimate of drug-likeness (QED) is 0.668. The number of hydrogen-bond donors (Lipinski definition) is 1. The van der Waals surface area contributed by atoms with Crippen molar-refractivity contribution in [1.82, 2.24) is 5.32 Å². The largest absolute Gasteiger partial charge is 0.346 e. The van der Waals surface area contributed by atoms with E-state index in [4.69, 9.17) is 11.6 Å². The summed E-state index contributed by atoms with van der Waals surface area (Å²) >= 11 is 8.61. The molecule has 0 bridgehead atoms. The van der Waals surface area contributed by atoms with Gasteiger partial charge in [0, 0.05) is 10.9 Å². The van der Waals surface area contributed by atoms with Gasteiger partial charge in [-0.25, -0.2) is 8.78 Å². The maximum Gasteiger partial charge on any atom is 0.254 e. The van der Waals surface area contributed by atoms with Crippen molar-refractivity contribution in [3.05, 3.63) is 34.4 Å². The maximum absolute atomic E-state index is 13.4. The van der Waals surface area contributed by atoms with Crippen molar-refractivity contribution in [3.63, 3.8) is 0 Å². The zero-order chi connectivity index (χ0) is 13.2. The summed E-state index contributed by atoms with van der Waals surface area (Å²) in [5.41, 5.74) is -0.916. The number of benzene rings is 1. The van der Waals surface area contributed by atoms with Gasteiger partial charge in [0.25, 0.3) is 5.91 Å². The van der Waals surface area contributed by atoms with Crippen molar-refractivity contribution in [2.45, 2.75) is 19.4 Å². The molecule has 0 fully saturated rings. The summed E-state index contributed by atoms with van der Waals surface area (Å²) in [6.07, 6.45) is 0. The Hall–Kier alpha value is -0.680. The van der Waals surface area contributed by atoms with Gasteiger partial charge >= 0.3 is 0 Å². The predicted octanol–water partition coefficient (Wildman–Crippen LogP) is 3.52. The summed E-state index contributed by atoms with van der Waals surface area (Å²) in [5, 5.41) is 2.72. The number of amides is 1. The van der Waals surface area contributed by atoms with Gasteiger partial charge in [0.2, 0.25) is 0 Å². The molecule has 1 N–H and O–H groups in total. The fourth-order valence-electron chi connectivity index (χ4n) is 1.10. The predicted molar refractivity (Wildman–Crippen MR) is 66.7 cm³/mol. The van der Waals surface area contributed by atoms with Gasteiger partial charge in [-0.3, -0.25) is 4.79 Å². The Bertz CT molecular complexity index is 451. The zero-order valence-corrected chi connectivity index (χ0v) is 11.6. The van der Waals surface area contributed by atoms with Crippen LogP contribution in [0, 0.1) is 11.6 Å². The van der Waals surface area contributed by atoms with Gasteiger partial charge < -0.3 is 5.32 Å². The molecule has 1 rings (SSSR count). The van der Waals surface area contributed by atoms with E-state index in [1.807, 2.05) is 0 Å². The smallest absolute Gasteiger partial charge is 0.254 e. The minimum atomic E-state index is -0.848. The Labute approximate surface area is 111 Å². The van der Waals surface area contributed by atoms with Crippen LogP contribution in [-0.2, 0) is 0 Å². The number of carbonyl (C=O) groups is 1. The molecule has 0 radical (unpaired) electrons. The minimum Gasteiger partial charge on any atom is -0.346 e. The lowest BCUT2D eigenvalue weighted by Gasteiger charge is -2.23. The molecule has 0 unspecified atom stereocenters. The molecule has 1 aromatic rings. The lowest BCUT2D eigenvalue weighted by atomic mass is 10.1. The van der Waals surface area contributed by atoms with Crippen LogP contribution in [0.2, 0.25) is 5.02 Å². The Balaban J connectivity index is 3.01. The van der Waals surface area contributed by atoms with E-state index in [1.165, 1.54) is 0 Å². The number of hydrogen-bond acceptors (Lipinski definition) is 1. The highest BCUT2D eigenvalue weighted by Crippen LogP contribution is 2.20. The summed E-state index contributed by atoms with van der Waals surface area (Å²) in [5.74, 6) is -2.35. The van der Waals surface area contributed by atoms with Crippen LogP contribution in [0.4, 0.5) is 8.78 Å². The second-order valence-electron chi connectivity index (χ2n) is 4.22. The van der Waals surface area contributed by atoms with E-state index in [0.717, 1.165) is 12.1 Å². The highest BCUT2D eigenvalue weighted by atomic mass is 79.9. The molecule has 0 aliphatic rings. The second-order valence-corrected chi connectivity index (χ2v) is 5.19. The van der Waals surface area contributed by atoms with E-state index in [0.29, 0.717) is 5.33 Å². The van der Waals surface area contributed by atoms with Gasteiger partial charge in [-0.1, -0.05) is 27.5 Å². The van der Waals surface area contributed by atoms with Crippen molar-refractivity contribution in [3.8, 4) is 0 Å². The molecule has 0 spiro atoms. The van der Waals surface area contributed by atoms with E-state index < -0.39 is 23.1 Å². The lowest BCUT2D eigenvalue weighted by Crippen LogP contribution is -2.45. The SMILES string of the molecule is CC(C)(CBr)NC(=O)c1cc(F)c(Cl)cc1F. The summed E-state index contributed by atoms with van der Waals surface area (Å²) in [4.78, 5) is 11.7. The Kier molecular flexibility index (Phi) is 4.49. The van der Waals surface area contributed by atoms with Crippen LogP contribution in [0.3, 0.4) is 0 Å². The summed E-state index contributed by atoms with van der Waals surface area (Å²) < 4.78 is 26.6. The van der Waals surface area contributed by atoms with Crippen LogP contribution in [0.5, 0.6) is 0 Å². The highest BCUT2D eigenvalue weighted by molar-refractivity contribution is 9.09. The molecule has 0 saturated heterocycles. The van der Waals surface area contributed by atoms with Crippen LogP contribution < -0.4 is 5.32 Å². The standard InChI is InChI=1S/C11H11BrClF2NO/c1-11(2,5-12)16-10(17)6-3-9(15)7(13)4-8(6)14/h3-4H,5H2,1-2H3,(H,16,17). The number of halogens is 4. The molecule has 2 nitrogen and oxygen atoms in total. The summed E-state index contributed by atoms with van der Waals surface area (Å²) in [6, 6.07) is 1.57. The lowest BCUT2D eigenvalue weighted by molar-refractivity contribution is 0.0916. The minimum absolute atomic E-state index is 0.348. The van der Waals surface area contributed by atoms with Crippen molar-refractivity contribution in [1.29, 1.82) is 0 Å².